The molecule has 0 bridgehead atoms. The van der Waals surface area contributed by atoms with E-state index in [1.807, 2.05) is 0 Å². The third-order valence-electron chi connectivity index (χ3n) is 1.27. The van der Waals surface area contributed by atoms with Gasteiger partial charge in [0.05, 0.1) is 19.0 Å². The largest absolute Gasteiger partial charge is 0.495 e. The molecule has 2 nitrogen and oxygen atoms in total. The summed E-state index contributed by atoms with van der Waals surface area (Å²) in [6.45, 7) is 3.40. The fourth-order valence-corrected chi connectivity index (χ4v) is 0.693. The van der Waals surface area contributed by atoms with Crippen LogP contribution in [0.3, 0.4) is 0 Å². The first kappa shape index (κ1) is 7.72. The Kier molecular flexibility index (Phi) is 2.21. The SMILES string of the molecule is C=Cc1ncc(OC)cc1F. The maximum atomic E-state index is 12.8. The van der Waals surface area contributed by atoms with Gasteiger partial charge in [0.25, 0.3) is 0 Å². The van der Waals surface area contributed by atoms with E-state index in [2.05, 4.69) is 11.6 Å². The van der Waals surface area contributed by atoms with Crippen molar-refractivity contribution < 1.29 is 9.13 Å². The molecular formula is C8H8FNO. The Morgan fingerprint density at radius 2 is 2.45 bits per heavy atom. The van der Waals surface area contributed by atoms with Gasteiger partial charge in [-0.2, -0.15) is 0 Å². The monoisotopic (exact) mass is 153 g/mol. The van der Waals surface area contributed by atoms with Gasteiger partial charge in [-0.25, -0.2) is 9.37 Å². The van der Waals surface area contributed by atoms with Gasteiger partial charge in [-0.1, -0.05) is 6.58 Å². The number of nitrogens with zero attached hydrogens (tertiary/aromatic N) is 1. The third kappa shape index (κ3) is 1.55. The summed E-state index contributed by atoms with van der Waals surface area (Å²) in [5, 5.41) is 0. The van der Waals surface area contributed by atoms with Gasteiger partial charge in [-0.15, -0.1) is 0 Å². The molecule has 0 saturated heterocycles. The maximum Gasteiger partial charge on any atom is 0.152 e. The van der Waals surface area contributed by atoms with Crippen molar-refractivity contribution in [3.8, 4) is 5.75 Å². The van der Waals surface area contributed by atoms with Crippen LogP contribution in [0, 0.1) is 5.82 Å². The van der Waals surface area contributed by atoms with Crippen LogP contribution in [0.2, 0.25) is 0 Å². The lowest BCUT2D eigenvalue weighted by Gasteiger charge is -1.99. The average Bonchev–Trinajstić information content (AvgIpc) is 2.04. The molecule has 0 unspecified atom stereocenters. The van der Waals surface area contributed by atoms with Gasteiger partial charge >= 0.3 is 0 Å². The van der Waals surface area contributed by atoms with Crippen molar-refractivity contribution in [3.63, 3.8) is 0 Å². The number of aromatic nitrogens is 1. The summed E-state index contributed by atoms with van der Waals surface area (Å²) in [7, 11) is 1.46. The van der Waals surface area contributed by atoms with E-state index >= 15 is 0 Å². The maximum absolute atomic E-state index is 12.8. The molecular weight excluding hydrogens is 145 g/mol. The van der Waals surface area contributed by atoms with E-state index in [4.69, 9.17) is 4.74 Å². The van der Waals surface area contributed by atoms with Gasteiger partial charge in [0.2, 0.25) is 0 Å². The topological polar surface area (TPSA) is 22.1 Å². The van der Waals surface area contributed by atoms with Crippen molar-refractivity contribution in [3.05, 3.63) is 30.4 Å². The lowest BCUT2D eigenvalue weighted by molar-refractivity contribution is 0.408. The molecule has 0 radical (unpaired) electrons. The molecule has 1 heterocycles. The number of pyridine rings is 1. The quantitative estimate of drug-likeness (QED) is 0.647. The van der Waals surface area contributed by atoms with Crippen molar-refractivity contribution in [1.82, 2.24) is 4.98 Å². The third-order valence-corrected chi connectivity index (χ3v) is 1.27. The van der Waals surface area contributed by atoms with Crippen molar-refractivity contribution >= 4 is 6.08 Å². The Morgan fingerprint density at radius 1 is 1.73 bits per heavy atom. The molecule has 3 heteroatoms. The second-order valence-corrected chi connectivity index (χ2v) is 1.95. The van der Waals surface area contributed by atoms with Gasteiger partial charge in [-0.05, 0) is 6.08 Å². The van der Waals surface area contributed by atoms with Gasteiger partial charge in [0.15, 0.2) is 5.82 Å². The molecule has 1 aromatic heterocycles. The van der Waals surface area contributed by atoms with E-state index in [1.54, 1.807) is 0 Å². The molecule has 0 amide bonds. The minimum Gasteiger partial charge on any atom is -0.495 e. The average molecular weight is 153 g/mol. The molecule has 0 aromatic carbocycles. The molecule has 0 aliphatic carbocycles. The Bertz CT molecular complexity index is 273. The zero-order valence-electron chi connectivity index (χ0n) is 6.17. The van der Waals surface area contributed by atoms with Crippen LogP contribution in [0.15, 0.2) is 18.8 Å². The molecule has 58 valence electrons. The van der Waals surface area contributed by atoms with Crippen LogP contribution in [0.1, 0.15) is 5.69 Å². The standard InChI is InChI=1S/C8H8FNO/c1-3-8-7(9)4-6(11-2)5-10-8/h3-5H,1H2,2H3. The van der Waals surface area contributed by atoms with Crippen molar-refractivity contribution in [1.29, 1.82) is 0 Å². The smallest absolute Gasteiger partial charge is 0.152 e. The highest BCUT2D eigenvalue weighted by Gasteiger charge is 2.00. The van der Waals surface area contributed by atoms with Crippen LogP contribution in [0.25, 0.3) is 6.08 Å². The van der Waals surface area contributed by atoms with Gasteiger partial charge in [0, 0.05) is 6.07 Å². The Labute approximate surface area is 64.3 Å². The fourth-order valence-electron chi connectivity index (χ4n) is 0.693. The molecule has 1 aromatic rings. The van der Waals surface area contributed by atoms with E-state index in [0.29, 0.717) is 5.75 Å². The Hall–Kier alpha value is -1.38. The highest BCUT2D eigenvalue weighted by Crippen LogP contribution is 2.13. The first-order chi connectivity index (χ1) is 5.27. The zero-order chi connectivity index (χ0) is 8.27. The molecule has 0 aliphatic rings. The first-order valence-electron chi connectivity index (χ1n) is 3.10. The van der Waals surface area contributed by atoms with E-state index in [1.165, 1.54) is 25.4 Å². The van der Waals surface area contributed by atoms with Gasteiger partial charge in [-0.3, -0.25) is 0 Å². The van der Waals surface area contributed by atoms with Crippen LogP contribution in [-0.2, 0) is 0 Å². The molecule has 0 fully saturated rings. The molecule has 11 heavy (non-hydrogen) atoms. The van der Waals surface area contributed by atoms with Gasteiger partial charge < -0.3 is 4.74 Å². The Morgan fingerprint density at radius 3 is 2.91 bits per heavy atom. The van der Waals surface area contributed by atoms with Crippen LogP contribution in [-0.4, -0.2) is 12.1 Å². The first-order valence-corrected chi connectivity index (χ1v) is 3.10. The van der Waals surface area contributed by atoms with Crippen molar-refractivity contribution in [2.75, 3.05) is 7.11 Å². The summed E-state index contributed by atoms with van der Waals surface area (Å²) in [5.74, 6) is -0.00699. The molecule has 1 rings (SSSR count). The minimum atomic E-state index is -0.417. The van der Waals surface area contributed by atoms with E-state index in [0.717, 1.165) is 0 Å². The Balaban J connectivity index is 3.09. The molecule has 0 spiro atoms. The fraction of sp³-hybridized carbons (Fsp3) is 0.125. The lowest BCUT2D eigenvalue weighted by atomic mass is 10.3. The molecule has 0 saturated carbocycles. The highest BCUT2D eigenvalue weighted by molar-refractivity contribution is 5.43. The highest BCUT2D eigenvalue weighted by atomic mass is 19.1. The summed E-state index contributed by atoms with van der Waals surface area (Å²) in [4.78, 5) is 3.75. The predicted octanol–water partition coefficient (Wildman–Crippen LogP) is 1.87. The summed E-state index contributed by atoms with van der Waals surface area (Å²) < 4.78 is 17.6. The van der Waals surface area contributed by atoms with Gasteiger partial charge in [0.1, 0.15) is 5.75 Å². The predicted molar refractivity (Wildman–Crippen MR) is 40.8 cm³/mol. The van der Waals surface area contributed by atoms with E-state index in [9.17, 15) is 4.39 Å². The number of ether oxygens (including phenoxy) is 1. The normalized spacial score (nSPS) is 9.27. The molecule has 0 aliphatic heterocycles. The second-order valence-electron chi connectivity index (χ2n) is 1.95. The number of halogens is 1. The molecule has 0 N–H and O–H groups in total. The lowest BCUT2D eigenvalue weighted by Crippen LogP contribution is -1.90. The van der Waals surface area contributed by atoms with E-state index < -0.39 is 5.82 Å². The number of hydrogen-bond acceptors (Lipinski definition) is 2. The van der Waals surface area contributed by atoms with Crippen LogP contribution in [0.4, 0.5) is 4.39 Å². The van der Waals surface area contributed by atoms with Crippen LogP contribution < -0.4 is 4.74 Å². The van der Waals surface area contributed by atoms with Crippen LogP contribution >= 0.6 is 0 Å². The summed E-state index contributed by atoms with van der Waals surface area (Å²) in [6, 6.07) is 1.27. The number of rotatable bonds is 2. The zero-order valence-corrected chi connectivity index (χ0v) is 6.17. The van der Waals surface area contributed by atoms with Crippen molar-refractivity contribution in [2.45, 2.75) is 0 Å². The van der Waals surface area contributed by atoms with E-state index in [-0.39, 0.29) is 5.69 Å². The summed E-state index contributed by atoms with van der Waals surface area (Å²) in [5.41, 5.74) is 0.241. The minimum absolute atomic E-state index is 0.241. The summed E-state index contributed by atoms with van der Waals surface area (Å²) in [6.07, 6.45) is 2.80. The summed E-state index contributed by atoms with van der Waals surface area (Å²) >= 11 is 0. The van der Waals surface area contributed by atoms with Crippen molar-refractivity contribution in [2.24, 2.45) is 0 Å². The molecule has 0 atom stereocenters. The second kappa shape index (κ2) is 3.14. The number of methoxy groups -OCH3 is 1. The number of hydrogen-bond donors (Lipinski definition) is 0. The van der Waals surface area contributed by atoms with Crippen LogP contribution in [0.5, 0.6) is 5.75 Å².